The van der Waals surface area contributed by atoms with E-state index in [1.165, 1.54) is 0 Å². The van der Waals surface area contributed by atoms with E-state index in [9.17, 15) is 5.11 Å². The topological polar surface area (TPSA) is 50.1 Å². The highest BCUT2D eigenvalue weighted by Crippen LogP contribution is 2.12. The lowest BCUT2D eigenvalue weighted by Crippen LogP contribution is -2.29. The van der Waals surface area contributed by atoms with E-state index in [-0.39, 0.29) is 12.6 Å². The number of nitrogens with zero attached hydrogens (tertiary/aromatic N) is 2. The van der Waals surface area contributed by atoms with Crippen molar-refractivity contribution in [2.45, 2.75) is 33.4 Å². The summed E-state index contributed by atoms with van der Waals surface area (Å²) in [5.41, 5.74) is 1.06. The van der Waals surface area contributed by atoms with Gasteiger partial charge in [0.25, 0.3) is 0 Å². The minimum absolute atomic E-state index is 0.00477. The predicted molar refractivity (Wildman–Crippen MR) is 60.6 cm³/mol. The molecule has 0 saturated heterocycles. The maximum Gasteiger partial charge on any atom is 0.0948 e. The second-order valence-corrected chi connectivity index (χ2v) is 4.14. The summed E-state index contributed by atoms with van der Waals surface area (Å²) in [6.45, 7) is 8.27. The fourth-order valence-corrected chi connectivity index (χ4v) is 1.53. The molecule has 1 atom stereocenters. The molecule has 0 spiro atoms. The monoisotopic (exact) mass is 211 g/mol. The molecule has 1 unspecified atom stereocenters. The summed E-state index contributed by atoms with van der Waals surface area (Å²) in [4.78, 5) is 4.10. The number of aliphatic hydroxyl groups excluding tert-OH is 1. The zero-order chi connectivity index (χ0) is 11.3. The summed E-state index contributed by atoms with van der Waals surface area (Å²) < 4.78 is 2.05. The van der Waals surface area contributed by atoms with Crippen molar-refractivity contribution in [3.8, 4) is 0 Å². The quantitative estimate of drug-likeness (QED) is 0.743. The van der Waals surface area contributed by atoms with Crippen LogP contribution in [-0.2, 0) is 6.54 Å². The summed E-state index contributed by atoms with van der Waals surface area (Å²) in [6.07, 6.45) is 3.62. The first kappa shape index (κ1) is 12.2. The van der Waals surface area contributed by atoms with Gasteiger partial charge in [0.05, 0.1) is 24.7 Å². The Bertz CT molecular complexity index is 283. The number of aromatic nitrogens is 2. The number of rotatable bonds is 6. The van der Waals surface area contributed by atoms with Gasteiger partial charge in [-0.2, -0.15) is 0 Å². The molecule has 4 heteroatoms. The Morgan fingerprint density at radius 3 is 2.80 bits per heavy atom. The summed E-state index contributed by atoms with van der Waals surface area (Å²) in [5.74, 6) is 0.581. The molecule has 1 aromatic heterocycles. The van der Waals surface area contributed by atoms with Crippen LogP contribution in [0.2, 0.25) is 0 Å². The Balaban J connectivity index is 2.65. The van der Waals surface area contributed by atoms with Gasteiger partial charge in [0.1, 0.15) is 0 Å². The maximum atomic E-state index is 9.33. The van der Waals surface area contributed by atoms with Crippen molar-refractivity contribution in [1.82, 2.24) is 14.9 Å². The molecule has 15 heavy (non-hydrogen) atoms. The van der Waals surface area contributed by atoms with Crippen LogP contribution in [0.15, 0.2) is 12.5 Å². The lowest BCUT2D eigenvalue weighted by Gasteiger charge is -2.18. The van der Waals surface area contributed by atoms with Crippen molar-refractivity contribution in [3.63, 3.8) is 0 Å². The lowest BCUT2D eigenvalue weighted by atomic mass is 10.2. The molecule has 0 amide bonds. The number of hydrogen-bond acceptors (Lipinski definition) is 3. The van der Waals surface area contributed by atoms with E-state index in [2.05, 4.69) is 31.1 Å². The molecule has 1 aromatic rings. The predicted octanol–water partition coefficient (Wildman–Crippen LogP) is 1.18. The SMILES string of the molecule is CCn1cncc1C(CO)NCC(C)C. The highest BCUT2D eigenvalue weighted by Gasteiger charge is 2.14. The number of aryl methyl sites for hydroxylation is 1. The van der Waals surface area contributed by atoms with E-state index in [1.54, 1.807) is 6.33 Å². The number of hydrogen-bond donors (Lipinski definition) is 2. The third kappa shape index (κ3) is 3.32. The molecule has 0 bridgehead atoms. The first-order valence-corrected chi connectivity index (χ1v) is 5.53. The average Bonchev–Trinajstić information content (AvgIpc) is 2.66. The molecule has 4 nitrogen and oxygen atoms in total. The van der Waals surface area contributed by atoms with Gasteiger partial charge in [-0.1, -0.05) is 13.8 Å². The molecule has 0 aliphatic carbocycles. The van der Waals surface area contributed by atoms with Crippen molar-refractivity contribution >= 4 is 0 Å². The average molecular weight is 211 g/mol. The molecule has 0 aromatic carbocycles. The van der Waals surface area contributed by atoms with Gasteiger partial charge in [-0.25, -0.2) is 4.98 Å². The minimum Gasteiger partial charge on any atom is -0.394 e. The van der Waals surface area contributed by atoms with Crippen molar-refractivity contribution in [2.75, 3.05) is 13.2 Å². The minimum atomic E-state index is -0.00477. The summed E-state index contributed by atoms with van der Waals surface area (Å²) >= 11 is 0. The van der Waals surface area contributed by atoms with Crippen molar-refractivity contribution in [1.29, 1.82) is 0 Å². The number of imidazole rings is 1. The van der Waals surface area contributed by atoms with Crippen LogP contribution in [0, 0.1) is 5.92 Å². The van der Waals surface area contributed by atoms with Crippen LogP contribution in [0.5, 0.6) is 0 Å². The molecule has 1 rings (SSSR count). The van der Waals surface area contributed by atoms with Gasteiger partial charge < -0.3 is 15.0 Å². The molecule has 2 N–H and O–H groups in total. The van der Waals surface area contributed by atoms with Gasteiger partial charge >= 0.3 is 0 Å². The Morgan fingerprint density at radius 1 is 1.53 bits per heavy atom. The Hall–Kier alpha value is -0.870. The first-order chi connectivity index (χ1) is 7.19. The van der Waals surface area contributed by atoms with E-state index in [1.807, 2.05) is 10.8 Å². The van der Waals surface area contributed by atoms with Gasteiger partial charge in [0.15, 0.2) is 0 Å². The van der Waals surface area contributed by atoms with E-state index >= 15 is 0 Å². The second kappa shape index (κ2) is 5.88. The van der Waals surface area contributed by atoms with Crippen LogP contribution in [0.4, 0.5) is 0 Å². The van der Waals surface area contributed by atoms with Crippen LogP contribution < -0.4 is 5.32 Å². The largest absolute Gasteiger partial charge is 0.394 e. The van der Waals surface area contributed by atoms with Crippen LogP contribution in [-0.4, -0.2) is 27.8 Å². The molecule has 86 valence electrons. The molecule has 0 saturated carbocycles. The van der Waals surface area contributed by atoms with Gasteiger partial charge in [0, 0.05) is 12.7 Å². The zero-order valence-corrected chi connectivity index (χ0v) is 9.77. The van der Waals surface area contributed by atoms with Crippen LogP contribution in [0.3, 0.4) is 0 Å². The van der Waals surface area contributed by atoms with Gasteiger partial charge in [-0.3, -0.25) is 0 Å². The van der Waals surface area contributed by atoms with Crippen LogP contribution in [0.25, 0.3) is 0 Å². The summed E-state index contributed by atoms with van der Waals surface area (Å²) in [5, 5.41) is 12.7. The molecular weight excluding hydrogens is 190 g/mol. The van der Waals surface area contributed by atoms with Gasteiger partial charge in [-0.05, 0) is 19.4 Å². The third-order valence-electron chi connectivity index (χ3n) is 2.40. The van der Waals surface area contributed by atoms with Crippen molar-refractivity contribution in [2.24, 2.45) is 5.92 Å². The van der Waals surface area contributed by atoms with Crippen LogP contribution >= 0.6 is 0 Å². The summed E-state index contributed by atoms with van der Waals surface area (Å²) in [6, 6.07) is -0.00477. The van der Waals surface area contributed by atoms with E-state index in [4.69, 9.17) is 0 Å². The smallest absolute Gasteiger partial charge is 0.0948 e. The standard InChI is InChI=1S/C11H21N3O/c1-4-14-8-12-6-11(14)10(7-15)13-5-9(2)3/h6,8-10,13,15H,4-5,7H2,1-3H3. The molecule has 0 fully saturated rings. The number of aliphatic hydroxyl groups is 1. The molecule has 0 aliphatic rings. The van der Waals surface area contributed by atoms with E-state index in [0.29, 0.717) is 5.92 Å². The molecular formula is C11H21N3O. The fraction of sp³-hybridized carbons (Fsp3) is 0.727. The first-order valence-electron chi connectivity index (χ1n) is 5.53. The Kier molecular flexibility index (Phi) is 4.78. The molecule has 0 radical (unpaired) electrons. The normalized spacial score (nSPS) is 13.4. The lowest BCUT2D eigenvalue weighted by molar-refractivity contribution is 0.235. The second-order valence-electron chi connectivity index (χ2n) is 4.14. The molecule has 0 aliphatic heterocycles. The Morgan fingerprint density at radius 2 is 2.27 bits per heavy atom. The highest BCUT2D eigenvalue weighted by molar-refractivity contribution is 5.05. The van der Waals surface area contributed by atoms with Crippen LogP contribution in [0.1, 0.15) is 32.5 Å². The number of nitrogens with one attached hydrogen (secondary N) is 1. The summed E-state index contributed by atoms with van der Waals surface area (Å²) in [7, 11) is 0. The van der Waals surface area contributed by atoms with E-state index < -0.39 is 0 Å². The zero-order valence-electron chi connectivity index (χ0n) is 9.77. The third-order valence-corrected chi connectivity index (χ3v) is 2.40. The van der Waals surface area contributed by atoms with E-state index in [0.717, 1.165) is 18.8 Å². The fourth-order valence-electron chi connectivity index (χ4n) is 1.53. The van der Waals surface area contributed by atoms with Crippen molar-refractivity contribution in [3.05, 3.63) is 18.2 Å². The van der Waals surface area contributed by atoms with Gasteiger partial charge in [0.2, 0.25) is 0 Å². The highest BCUT2D eigenvalue weighted by atomic mass is 16.3. The van der Waals surface area contributed by atoms with Crippen molar-refractivity contribution < 1.29 is 5.11 Å². The molecule has 1 heterocycles. The van der Waals surface area contributed by atoms with Gasteiger partial charge in [-0.15, -0.1) is 0 Å². The Labute approximate surface area is 91.3 Å². The maximum absolute atomic E-state index is 9.33.